The van der Waals surface area contributed by atoms with Gasteiger partial charge in [-0.05, 0) is 45.4 Å². The van der Waals surface area contributed by atoms with E-state index in [0.29, 0.717) is 13.1 Å². The predicted octanol–water partition coefficient (Wildman–Crippen LogP) is 2.70. The molecule has 5 nitrogen and oxygen atoms in total. The monoisotopic (exact) mass is 307 g/mol. The molecule has 0 aliphatic heterocycles. The molecule has 0 bridgehead atoms. The van der Waals surface area contributed by atoms with Crippen LogP contribution in [0.25, 0.3) is 0 Å². The van der Waals surface area contributed by atoms with E-state index in [1.807, 2.05) is 6.92 Å². The van der Waals surface area contributed by atoms with E-state index in [0.717, 1.165) is 5.56 Å². The van der Waals surface area contributed by atoms with Crippen LogP contribution in [0.3, 0.4) is 0 Å². The SMILES string of the molecule is CC(CNCc1ccc(F)c(C#N)c1)NC(=O)OC(C)(C)C. The zero-order valence-electron chi connectivity index (χ0n) is 13.4. The number of ether oxygens (including phenoxy) is 1. The average Bonchev–Trinajstić information content (AvgIpc) is 2.38. The fraction of sp³-hybridized carbons (Fsp3) is 0.500. The summed E-state index contributed by atoms with van der Waals surface area (Å²) in [4.78, 5) is 11.6. The minimum absolute atomic E-state index is 0.0271. The molecule has 0 spiro atoms. The molecule has 0 radical (unpaired) electrons. The molecule has 1 amide bonds. The van der Waals surface area contributed by atoms with Crippen LogP contribution in [0.2, 0.25) is 0 Å². The Balaban J connectivity index is 2.38. The highest BCUT2D eigenvalue weighted by atomic mass is 19.1. The van der Waals surface area contributed by atoms with Gasteiger partial charge in [0.2, 0.25) is 0 Å². The number of carbonyl (C=O) groups excluding carboxylic acids is 1. The molecule has 1 atom stereocenters. The van der Waals surface area contributed by atoms with Crippen molar-refractivity contribution in [3.63, 3.8) is 0 Å². The van der Waals surface area contributed by atoms with E-state index in [4.69, 9.17) is 10.00 Å². The first kappa shape index (κ1) is 17.9. The van der Waals surface area contributed by atoms with Gasteiger partial charge in [0.1, 0.15) is 17.5 Å². The second-order valence-electron chi connectivity index (χ2n) is 6.10. The molecule has 0 saturated heterocycles. The van der Waals surface area contributed by atoms with Crippen molar-refractivity contribution in [1.82, 2.24) is 10.6 Å². The molecule has 1 rings (SSSR count). The Hall–Kier alpha value is -2.13. The lowest BCUT2D eigenvalue weighted by Gasteiger charge is -2.22. The van der Waals surface area contributed by atoms with Crippen molar-refractivity contribution in [2.45, 2.75) is 45.9 Å². The topological polar surface area (TPSA) is 74.2 Å². The molecule has 120 valence electrons. The Bertz CT molecular complexity index is 561. The van der Waals surface area contributed by atoms with E-state index < -0.39 is 17.5 Å². The zero-order valence-corrected chi connectivity index (χ0v) is 13.4. The first-order valence-electron chi connectivity index (χ1n) is 7.10. The highest BCUT2D eigenvalue weighted by Crippen LogP contribution is 2.09. The van der Waals surface area contributed by atoms with Crippen molar-refractivity contribution in [3.8, 4) is 6.07 Å². The molecule has 1 aromatic carbocycles. The van der Waals surface area contributed by atoms with Crippen LogP contribution in [0.15, 0.2) is 18.2 Å². The molecule has 0 aromatic heterocycles. The lowest BCUT2D eigenvalue weighted by Crippen LogP contribution is -2.42. The smallest absolute Gasteiger partial charge is 0.407 e. The van der Waals surface area contributed by atoms with Gasteiger partial charge in [-0.3, -0.25) is 0 Å². The fourth-order valence-electron chi connectivity index (χ4n) is 1.76. The minimum atomic E-state index is -0.529. The second-order valence-corrected chi connectivity index (χ2v) is 6.10. The first-order valence-corrected chi connectivity index (χ1v) is 7.10. The predicted molar refractivity (Wildman–Crippen MR) is 81.7 cm³/mol. The summed E-state index contributed by atoms with van der Waals surface area (Å²) in [6, 6.07) is 6.09. The maximum Gasteiger partial charge on any atom is 0.407 e. The summed E-state index contributed by atoms with van der Waals surface area (Å²) in [6.45, 7) is 8.26. The summed E-state index contributed by atoms with van der Waals surface area (Å²) in [5.74, 6) is -0.522. The first-order chi connectivity index (χ1) is 10.2. The molecule has 1 unspecified atom stereocenters. The van der Waals surface area contributed by atoms with Crippen molar-refractivity contribution in [1.29, 1.82) is 5.26 Å². The van der Waals surface area contributed by atoms with E-state index in [1.165, 1.54) is 12.1 Å². The van der Waals surface area contributed by atoms with Gasteiger partial charge in [-0.25, -0.2) is 9.18 Å². The van der Waals surface area contributed by atoms with E-state index in [9.17, 15) is 9.18 Å². The molecule has 0 saturated carbocycles. The second kappa shape index (κ2) is 7.76. The molecule has 1 aromatic rings. The molecular weight excluding hydrogens is 285 g/mol. The number of carbonyl (C=O) groups is 1. The summed E-state index contributed by atoms with van der Waals surface area (Å²) in [7, 11) is 0. The number of nitrogens with zero attached hydrogens (tertiary/aromatic N) is 1. The number of benzene rings is 1. The van der Waals surface area contributed by atoms with Gasteiger partial charge in [0.05, 0.1) is 5.56 Å². The maximum atomic E-state index is 13.2. The highest BCUT2D eigenvalue weighted by molar-refractivity contribution is 5.68. The standard InChI is InChI=1S/C16H22FN3O2/c1-11(20-15(21)22-16(2,3)4)9-19-10-12-5-6-14(17)13(7-12)8-18/h5-7,11,19H,9-10H2,1-4H3,(H,20,21). The number of nitriles is 1. The van der Waals surface area contributed by atoms with Gasteiger partial charge in [-0.1, -0.05) is 6.07 Å². The van der Waals surface area contributed by atoms with E-state index in [2.05, 4.69) is 10.6 Å². The third-order valence-electron chi connectivity index (χ3n) is 2.69. The molecular formula is C16H22FN3O2. The Morgan fingerprint density at radius 3 is 2.73 bits per heavy atom. The van der Waals surface area contributed by atoms with E-state index >= 15 is 0 Å². The molecule has 6 heteroatoms. The molecule has 22 heavy (non-hydrogen) atoms. The quantitative estimate of drug-likeness (QED) is 0.877. The average molecular weight is 307 g/mol. The third kappa shape index (κ3) is 6.55. The van der Waals surface area contributed by atoms with Crippen LogP contribution in [-0.4, -0.2) is 24.3 Å². The number of amides is 1. The van der Waals surface area contributed by atoms with Gasteiger partial charge in [0.25, 0.3) is 0 Å². The van der Waals surface area contributed by atoms with E-state index in [-0.39, 0.29) is 11.6 Å². The maximum absolute atomic E-state index is 13.2. The van der Waals surface area contributed by atoms with Gasteiger partial charge in [0, 0.05) is 19.1 Å². The van der Waals surface area contributed by atoms with Crippen LogP contribution in [0.1, 0.15) is 38.8 Å². The van der Waals surface area contributed by atoms with Crippen LogP contribution < -0.4 is 10.6 Å². The van der Waals surface area contributed by atoms with Gasteiger partial charge in [-0.2, -0.15) is 5.26 Å². The molecule has 0 fully saturated rings. The number of nitrogens with one attached hydrogen (secondary N) is 2. The Labute approximate surface area is 130 Å². The highest BCUT2D eigenvalue weighted by Gasteiger charge is 2.17. The van der Waals surface area contributed by atoms with Crippen molar-refractivity contribution < 1.29 is 13.9 Å². The van der Waals surface area contributed by atoms with Crippen molar-refractivity contribution in [2.75, 3.05) is 6.54 Å². The molecule has 0 aliphatic carbocycles. The van der Waals surface area contributed by atoms with Crippen LogP contribution in [0, 0.1) is 17.1 Å². The molecule has 2 N–H and O–H groups in total. The molecule has 0 aliphatic rings. The number of hydrogen-bond donors (Lipinski definition) is 2. The number of alkyl carbamates (subject to hydrolysis) is 1. The van der Waals surface area contributed by atoms with Crippen LogP contribution in [0.5, 0.6) is 0 Å². The summed E-state index contributed by atoms with van der Waals surface area (Å²) in [6.07, 6.45) is -0.463. The van der Waals surface area contributed by atoms with Gasteiger partial charge in [0.15, 0.2) is 0 Å². The van der Waals surface area contributed by atoms with Crippen molar-refractivity contribution >= 4 is 6.09 Å². The summed E-state index contributed by atoms with van der Waals surface area (Å²) in [5, 5.41) is 14.6. The van der Waals surface area contributed by atoms with Crippen molar-refractivity contribution in [2.24, 2.45) is 0 Å². The zero-order chi connectivity index (χ0) is 16.8. The summed E-state index contributed by atoms with van der Waals surface area (Å²) >= 11 is 0. The van der Waals surface area contributed by atoms with Gasteiger partial charge >= 0.3 is 6.09 Å². The van der Waals surface area contributed by atoms with E-state index in [1.54, 1.807) is 32.9 Å². The van der Waals surface area contributed by atoms with Crippen LogP contribution in [-0.2, 0) is 11.3 Å². The normalized spacial score (nSPS) is 12.4. The number of halogens is 1. The lowest BCUT2D eigenvalue weighted by molar-refractivity contribution is 0.0508. The lowest BCUT2D eigenvalue weighted by atomic mass is 10.1. The van der Waals surface area contributed by atoms with Gasteiger partial charge in [-0.15, -0.1) is 0 Å². The van der Waals surface area contributed by atoms with Gasteiger partial charge < -0.3 is 15.4 Å². The Morgan fingerprint density at radius 1 is 1.45 bits per heavy atom. The Kier molecular flexibility index (Phi) is 6.32. The summed E-state index contributed by atoms with van der Waals surface area (Å²) < 4.78 is 18.4. The fourth-order valence-corrected chi connectivity index (χ4v) is 1.76. The number of rotatable bonds is 5. The third-order valence-corrected chi connectivity index (χ3v) is 2.69. The number of hydrogen-bond acceptors (Lipinski definition) is 4. The summed E-state index contributed by atoms with van der Waals surface area (Å²) in [5.41, 5.74) is 0.306. The van der Waals surface area contributed by atoms with Crippen molar-refractivity contribution in [3.05, 3.63) is 35.1 Å². The largest absolute Gasteiger partial charge is 0.444 e. The molecule has 0 heterocycles. The minimum Gasteiger partial charge on any atom is -0.444 e. The van der Waals surface area contributed by atoms with Crippen LogP contribution >= 0.6 is 0 Å². The Morgan fingerprint density at radius 2 is 2.14 bits per heavy atom. The van der Waals surface area contributed by atoms with Crippen LogP contribution in [0.4, 0.5) is 9.18 Å².